The first-order valence-corrected chi connectivity index (χ1v) is 6.74. The standard InChI is InChI=1S/C14H12BrN3O/c1-9(19)13-8-18(17-16-13)14-7-6-12(15)10-4-2-3-5-11(10)14/h2-9,19H,1H3. The normalized spacial score (nSPS) is 12.8. The van der Waals surface area contributed by atoms with Crippen LogP contribution in [-0.2, 0) is 0 Å². The van der Waals surface area contributed by atoms with Crippen LogP contribution in [0.5, 0.6) is 0 Å². The zero-order chi connectivity index (χ0) is 13.4. The van der Waals surface area contributed by atoms with Crippen LogP contribution in [0.3, 0.4) is 0 Å². The van der Waals surface area contributed by atoms with Gasteiger partial charge in [-0.3, -0.25) is 0 Å². The first-order chi connectivity index (χ1) is 9.16. The average molecular weight is 318 g/mol. The minimum absolute atomic E-state index is 0.562. The minimum Gasteiger partial charge on any atom is -0.387 e. The quantitative estimate of drug-likeness (QED) is 0.789. The van der Waals surface area contributed by atoms with Gasteiger partial charge < -0.3 is 5.11 Å². The van der Waals surface area contributed by atoms with Crippen LogP contribution in [0.2, 0.25) is 0 Å². The van der Waals surface area contributed by atoms with E-state index in [9.17, 15) is 5.11 Å². The highest BCUT2D eigenvalue weighted by molar-refractivity contribution is 9.10. The zero-order valence-electron chi connectivity index (χ0n) is 10.3. The van der Waals surface area contributed by atoms with E-state index in [4.69, 9.17) is 0 Å². The van der Waals surface area contributed by atoms with Gasteiger partial charge >= 0.3 is 0 Å². The lowest BCUT2D eigenvalue weighted by molar-refractivity contribution is 0.194. The number of aliphatic hydroxyl groups is 1. The monoisotopic (exact) mass is 317 g/mol. The Labute approximate surface area is 118 Å². The Morgan fingerprint density at radius 1 is 1.16 bits per heavy atom. The van der Waals surface area contributed by atoms with Gasteiger partial charge in [0.05, 0.1) is 18.0 Å². The van der Waals surface area contributed by atoms with Crippen molar-refractivity contribution in [1.29, 1.82) is 0 Å². The summed E-state index contributed by atoms with van der Waals surface area (Å²) in [6.45, 7) is 1.67. The molecule has 19 heavy (non-hydrogen) atoms. The van der Waals surface area contributed by atoms with Crippen LogP contribution < -0.4 is 0 Å². The number of benzene rings is 2. The molecule has 0 aliphatic rings. The van der Waals surface area contributed by atoms with Crippen molar-refractivity contribution in [2.75, 3.05) is 0 Å². The lowest BCUT2D eigenvalue weighted by Gasteiger charge is -2.07. The molecule has 0 bridgehead atoms. The molecule has 5 heteroatoms. The summed E-state index contributed by atoms with van der Waals surface area (Å²) >= 11 is 3.55. The molecule has 1 atom stereocenters. The molecular weight excluding hydrogens is 306 g/mol. The molecule has 0 radical (unpaired) electrons. The van der Waals surface area contributed by atoms with Crippen molar-refractivity contribution in [3.8, 4) is 5.69 Å². The fraction of sp³-hybridized carbons (Fsp3) is 0.143. The highest BCUT2D eigenvalue weighted by Gasteiger charge is 2.10. The van der Waals surface area contributed by atoms with Crippen molar-refractivity contribution in [3.05, 3.63) is 52.8 Å². The molecule has 0 aliphatic carbocycles. The van der Waals surface area contributed by atoms with E-state index >= 15 is 0 Å². The molecule has 0 saturated carbocycles. The number of hydrogen-bond donors (Lipinski definition) is 1. The third-order valence-electron chi connectivity index (χ3n) is 3.03. The van der Waals surface area contributed by atoms with E-state index in [1.165, 1.54) is 0 Å². The van der Waals surface area contributed by atoms with Gasteiger partial charge in [-0.2, -0.15) is 0 Å². The third kappa shape index (κ3) is 2.15. The number of hydrogen-bond acceptors (Lipinski definition) is 3. The first-order valence-electron chi connectivity index (χ1n) is 5.95. The predicted octanol–water partition coefficient (Wildman–Crippen LogP) is 3.24. The minimum atomic E-state index is -0.615. The number of fused-ring (bicyclic) bond motifs is 1. The van der Waals surface area contributed by atoms with Crippen LogP contribution in [0.1, 0.15) is 18.7 Å². The van der Waals surface area contributed by atoms with Crippen LogP contribution in [0, 0.1) is 0 Å². The van der Waals surface area contributed by atoms with E-state index in [-0.39, 0.29) is 0 Å². The van der Waals surface area contributed by atoms with Crippen LogP contribution in [0.15, 0.2) is 47.1 Å². The Hall–Kier alpha value is -1.72. The average Bonchev–Trinajstić information content (AvgIpc) is 2.89. The van der Waals surface area contributed by atoms with Gasteiger partial charge in [0, 0.05) is 9.86 Å². The second-order valence-electron chi connectivity index (χ2n) is 4.38. The summed E-state index contributed by atoms with van der Waals surface area (Å²) in [5.41, 5.74) is 1.50. The molecule has 0 saturated heterocycles. The van der Waals surface area contributed by atoms with Gasteiger partial charge in [-0.05, 0) is 24.4 Å². The van der Waals surface area contributed by atoms with Gasteiger partial charge in [0.1, 0.15) is 5.69 Å². The van der Waals surface area contributed by atoms with Gasteiger partial charge in [-0.15, -0.1) is 5.10 Å². The van der Waals surface area contributed by atoms with Gasteiger partial charge in [0.25, 0.3) is 0 Å². The lowest BCUT2D eigenvalue weighted by Crippen LogP contribution is -1.96. The topological polar surface area (TPSA) is 50.9 Å². The Bertz CT molecular complexity index is 736. The number of aromatic nitrogens is 3. The number of nitrogens with zero attached hydrogens (tertiary/aromatic N) is 3. The molecular formula is C14H12BrN3O. The smallest absolute Gasteiger partial charge is 0.111 e. The molecule has 2 aromatic carbocycles. The van der Waals surface area contributed by atoms with Gasteiger partial charge in [-0.1, -0.05) is 45.4 Å². The Morgan fingerprint density at radius 2 is 1.89 bits per heavy atom. The molecule has 0 aliphatic heterocycles. The SMILES string of the molecule is CC(O)c1cn(-c2ccc(Br)c3ccccc23)nn1. The molecule has 1 aromatic heterocycles. The number of halogens is 1. The largest absolute Gasteiger partial charge is 0.387 e. The van der Waals surface area contributed by atoms with Gasteiger partial charge in [0.2, 0.25) is 0 Å². The summed E-state index contributed by atoms with van der Waals surface area (Å²) in [5, 5.41) is 19.8. The fourth-order valence-corrected chi connectivity index (χ4v) is 2.51. The molecule has 1 unspecified atom stereocenters. The molecule has 1 heterocycles. The van der Waals surface area contributed by atoms with E-state index < -0.39 is 6.10 Å². The number of aliphatic hydroxyl groups excluding tert-OH is 1. The summed E-state index contributed by atoms with van der Waals surface area (Å²) in [6.07, 6.45) is 1.14. The molecule has 3 aromatic rings. The van der Waals surface area contributed by atoms with E-state index in [2.05, 4.69) is 32.3 Å². The predicted molar refractivity (Wildman–Crippen MR) is 77.2 cm³/mol. The van der Waals surface area contributed by atoms with E-state index in [0.717, 1.165) is 20.9 Å². The summed E-state index contributed by atoms with van der Waals surface area (Å²) in [5.74, 6) is 0. The van der Waals surface area contributed by atoms with Crippen molar-refractivity contribution < 1.29 is 5.11 Å². The van der Waals surface area contributed by atoms with Crippen LogP contribution in [0.4, 0.5) is 0 Å². The molecule has 1 N–H and O–H groups in total. The molecule has 0 amide bonds. The fourth-order valence-electron chi connectivity index (χ4n) is 2.03. The molecule has 0 fully saturated rings. The van der Waals surface area contributed by atoms with Gasteiger partial charge in [0.15, 0.2) is 0 Å². The van der Waals surface area contributed by atoms with E-state index in [0.29, 0.717) is 5.69 Å². The lowest BCUT2D eigenvalue weighted by atomic mass is 10.1. The maximum Gasteiger partial charge on any atom is 0.111 e. The summed E-state index contributed by atoms with van der Waals surface area (Å²) < 4.78 is 2.74. The van der Waals surface area contributed by atoms with Crippen LogP contribution in [-0.4, -0.2) is 20.1 Å². The first kappa shape index (κ1) is 12.3. The highest BCUT2D eigenvalue weighted by Crippen LogP contribution is 2.28. The third-order valence-corrected chi connectivity index (χ3v) is 3.73. The summed E-state index contributed by atoms with van der Waals surface area (Å²) in [6, 6.07) is 12.0. The van der Waals surface area contributed by atoms with Crippen molar-refractivity contribution in [1.82, 2.24) is 15.0 Å². The highest BCUT2D eigenvalue weighted by atomic mass is 79.9. The second kappa shape index (κ2) is 4.75. The number of rotatable bonds is 2. The van der Waals surface area contributed by atoms with Crippen molar-refractivity contribution in [3.63, 3.8) is 0 Å². The van der Waals surface area contributed by atoms with Crippen LogP contribution >= 0.6 is 15.9 Å². The maximum atomic E-state index is 9.52. The van der Waals surface area contributed by atoms with Crippen molar-refractivity contribution in [2.24, 2.45) is 0 Å². The summed E-state index contributed by atoms with van der Waals surface area (Å²) in [7, 11) is 0. The van der Waals surface area contributed by atoms with Crippen molar-refractivity contribution >= 4 is 26.7 Å². The Kier molecular flexibility index (Phi) is 3.08. The van der Waals surface area contributed by atoms with E-state index in [1.807, 2.05) is 30.3 Å². The van der Waals surface area contributed by atoms with Crippen molar-refractivity contribution in [2.45, 2.75) is 13.0 Å². The molecule has 0 spiro atoms. The molecule has 96 valence electrons. The Balaban J connectivity index is 2.22. The molecule has 4 nitrogen and oxygen atoms in total. The van der Waals surface area contributed by atoms with Crippen LogP contribution in [0.25, 0.3) is 16.5 Å². The van der Waals surface area contributed by atoms with E-state index in [1.54, 1.807) is 17.8 Å². The second-order valence-corrected chi connectivity index (χ2v) is 5.23. The summed E-state index contributed by atoms with van der Waals surface area (Å²) in [4.78, 5) is 0. The Morgan fingerprint density at radius 3 is 2.58 bits per heavy atom. The molecule has 3 rings (SSSR count). The zero-order valence-corrected chi connectivity index (χ0v) is 11.9. The van der Waals surface area contributed by atoms with Gasteiger partial charge in [-0.25, -0.2) is 4.68 Å². The maximum absolute atomic E-state index is 9.52.